The van der Waals surface area contributed by atoms with E-state index in [9.17, 15) is 24.6 Å². The predicted octanol–water partition coefficient (Wildman–Crippen LogP) is 5.26. The first-order valence-electron chi connectivity index (χ1n) is 18.2. The third-order valence-electron chi connectivity index (χ3n) is 10.4. The number of hydrogen-bond acceptors (Lipinski definition) is 9. The quantitative estimate of drug-likeness (QED) is 0.177. The number of likely N-dealkylation sites (tertiary alicyclic amines) is 2. The first kappa shape index (κ1) is 36.4. The first-order chi connectivity index (χ1) is 25.7. The molecule has 3 N–H and O–H groups in total. The third kappa shape index (κ3) is 8.51. The van der Waals surface area contributed by atoms with Crippen molar-refractivity contribution in [2.75, 3.05) is 19.6 Å². The van der Waals surface area contributed by atoms with Crippen molar-refractivity contribution in [3.8, 4) is 11.1 Å². The van der Waals surface area contributed by atoms with E-state index in [-0.39, 0.29) is 56.3 Å². The molecule has 6 atom stereocenters. The van der Waals surface area contributed by atoms with E-state index in [4.69, 9.17) is 14.2 Å². The van der Waals surface area contributed by atoms with E-state index in [1.807, 2.05) is 103 Å². The standard InChI is InChI=1S/C42H45N3O8/c1-27-37(24-44-20-19-34(47)23-44)52-41(53-39(27)31-13-11-28(25-46)12-14-31)32-17-15-30(16-18-32)35-10-6-5-9-33(35)22-45-38(48)21-36(40(45)49)43-42(50)51-26-29-7-3-2-4-8-29/h2-18,27,34,36-37,39,41,46-47H,19-26H2,1H3,(H,43,50). The highest BCUT2D eigenvalue weighted by Crippen LogP contribution is 2.42. The second-order valence-electron chi connectivity index (χ2n) is 14.1. The molecule has 3 fully saturated rings. The summed E-state index contributed by atoms with van der Waals surface area (Å²) >= 11 is 0. The molecular formula is C42H45N3O8. The molecule has 11 heteroatoms. The Labute approximate surface area is 309 Å². The molecule has 0 aliphatic carbocycles. The van der Waals surface area contributed by atoms with Crippen molar-refractivity contribution in [3.63, 3.8) is 0 Å². The number of carbonyl (C=O) groups is 3. The number of hydrogen-bond donors (Lipinski definition) is 3. The highest BCUT2D eigenvalue weighted by atomic mass is 16.7. The van der Waals surface area contributed by atoms with Gasteiger partial charge in [0.25, 0.3) is 5.91 Å². The van der Waals surface area contributed by atoms with E-state index in [1.54, 1.807) is 0 Å². The zero-order chi connectivity index (χ0) is 36.9. The Kier molecular flexibility index (Phi) is 11.3. The maximum Gasteiger partial charge on any atom is 0.408 e. The fourth-order valence-corrected chi connectivity index (χ4v) is 7.36. The predicted molar refractivity (Wildman–Crippen MR) is 196 cm³/mol. The van der Waals surface area contributed by atoms with Crippen LogP contribution in [-0.2, 0) is 43.6 Å². The van der Waals surface area contributed by atoms with Crippen LogP contribution < -0.4 is 5.32 Å². The van der Waals surface area contributed by atoms with Gasteiger partial charge in [-0.1, -0.05) is 110 Å². The Morgan fingerprint density at radius 3 is 2.32 bits per heavy atom. The zero-order valence-corrected chi connectivity index (χ0v) is 29.7. The lowest BCUT2D eigenvalue weighted by Gasteiger charge is -2.42. The van der Waals surface area contributed by atoms with Crippen LogP contribution in [0.4, 0.5) is 4.79 Å². The number of carbonyl (C=O) groups excluding carboxylic acids is 3. The molecule has 3 saturated heterocycles. The van der Waals surface area contributed by atoms with Gasteiger partial charge in [0.1, 0.15) is 12.6 Å². The van der Waals surface area contributed by atoms with Crippen LogP contribution in [0.1, 0.15) is 60.0 Å². The molecule has 6 unspecified atom stereocenters. The van der Waals surface area contributed by atoms with E-state index < -0.39 is 24.3 Å². The summed E-state index contributed by atoms with van der Waals surface area (Å²) in [5.74, 6) is -0.815. The van der Waals surface area contributed by atoms with Gasteiger partial charge in [0, 0.05) is 31.1 Å². The van der Waals surface area contributed by atoms with Crippen LogP contribution in [0, 0.1) is 5.92 Å². The number of benzene rings is 4. The minimum absolute atomic E-state index is 0.0286. The monoisotopic (exact) mass is 719 g/mol. The Morgan fingerprint density at radius 1 is 0.887 bits per heavy atom. The molecule has 11 nitrogen and oxygen atoms in total. The van der Waals surface area contributed by atoms with E-state index >= 15 is 0 Å². The second-order valence-corrected chi connectivity index (χ2v) is 14.1. The number of nitrogens with one attached hydrogen (secondary N) is 1. The van der Waals surface area contributed by atoms with Crippen molar-refractivity contribution < 1.29 is 38.8 Å². The van der Waals surface area contributed by atoms with Crippen LogP contribution in [0.5, 0.6) is 0 Å². The number of nitrogens with zero attached hydrogens (tertiary/aromatic N) is 2. The molecule has 3 aliphatic rings. The largest absolute Gasteiger partial charge is 0.445 e. The van der Waals surface area contributed by atoms with Gasteiger partial charge in [0.15, 0.2) is 6.29 Å². The number of aliphatic hydroxyl groups excluding tert-OH is 2. The molecular weight excluding hydrogens is 674 g/mol. The lowest BCUT2D eigenvalue weighted by atomic mass is 9.90. The van der Waals surface area contributed by atoms with E-state index in [2.05, 4.69) is 17.1 Å². The van der Waals surface area contributed by atoms with Gasteiger partial charge >= 0.3 is 6.09 Å². The fourth-order valence-electron chi connectivity index (χ4n) is 7.36. The highest BCUT2D eigenvalue weighted by Gasteiger charge is 2.41. The molecule has 3 aliphatic heterocycles. The average molecular weight is 720 g/mol. The molecule has 0 saturated carbocycles. The molecule has 4 aromatic carbocycles. The molecule has 0 radical (unpaired) electrons. The maximum absolute atomic E-state index is 13.3. The van der Waals surface area contributed by atoms with Gasteiger partial charge in [0.2, 0.25) is 5.91 Å². The highest BCUT2D eigenvalue weighted by molar-refractivity contribution is 6.06. The van der Waals surface area contributed by atoms with Crippen LogP contribution in [0.15, 0.2) is 103 Å². The molecule has 7 rings (SSSR count). The third-order valence-corrected chi connectivity index (χ3v) is 10.4. The van der Waals surface area contributed by atoms with Crippen molar-refractivity contribution >= 4 is 17.9 Å². The van der Waals surface area contributed by atoms with Crippen LogP contribution in [0.25, 0.3) is 11.1 Å². The molecule has 4 aromatic rings. The van der Waals surface area contributed by atoms with Crippen molar-refractivity contribution in [2.45, 2.75) is 70.2 Å². The molecule has 276 valence electrons. The molecule has 0 aromatic heterocycles. The van der Waals surface area contributed by atoms with Crippen LogP contribution in [-0.4, -0.2) is 75.8 Å². The van der Waals surface area contributed by atoms with Gasteiger partial charge in [-0.3, -0.25) is 19.4 Å². The molecule has 3 amide bonds. The zero-order valence-electron chi connectivity index (χ0n) is 29.7. The lowest BCUT2D eigenvalue weighted by Crippen LogP contribution is -2.44. The lowest BCUT2D eigenvalue weighted by molar-refractivity contribution is -0.276. The van der Waals surface area contributed by atoms with Gasteiger partial charge in [-0.25, -0.2) is 4.79 Å². The average Bonchev–Trinajstić information content (AvgIpc) is 3.72. The maximum atomic E-state index is 13.3. The Morgan fingerprint density at radius 2 is 1.60 bits per heavy atom. The number of β-amino-alcohol motifs (C(OH)–C–C–N with tert-alkyl or cyclic N) is 1. The molecule has 0 spiro atoms. The molecule has 53 heavy (non-hydrogen) atoms. The summed E-state index contributed by atoms with van der Waals surface area (Å²) in [4.78, 5) is 42.2. The number of aliphatic hydroxyl groups is 2. The smallest absolute Gasteiger partial charge is 0.408 e. The second kappa shape index (κ2) is 16.4. The minimum atomic E-state index is -0.994. The minimum Gasteiger partial charge on any atom is -0.445 e. The van der Waals surface area contributed by atoms with Gasteiger partial charge in [-0.15, -0.1) is 0 Å². The van der Waals surface area contributed by atoms with E-state index in [1.165, 1.54) is 4.90 Å². The topological polar surface area (TPSA) is 138 Å². The summed E-state index contributed by atoms with van der Waals surface area (Å²) in [5.41, 5.74) is 6.04. The van der Waals surface area contributed by atoms with Crippen molar-refractivity contribution in [1.82, 2.24) is 15.1 Å². The number of amides is 3. The molecule has 3 heterocycles. The van der Waals surface area contributed by atoms with E-state index in [0.717, 1.165) is 51.9 Å². The summed E-state index contributed by atoms with van der Waals surface area (Å²) in [6.07, 6.45) is -1.51. The molecule has 0 bridgehead atoms. The van der Waals surface area contributed by atoms with Gasteiger partial charge < -0.3 is 29.7 Å². The van der Waals surface area contributed by atoms with Crippen LogP contribution >= 0.6 is 0 Å². The summed E-state index contributed by atoms with van der Waals surface area (Å²) in [7, 11) is 0. The summed E-state index contributed by atoms with van der Waals surface area (Å²) in [5, 5.41) is 22.3. The SMILES string of the molecule is CC1C(CN2CCC(O)C2)OC(c2ccc(-c3ccccc3CN3C(=O)CC(NC(=O)OCc4ccccc4)C3=O)cc2)OC1c1ccc(CO)cc1. The number of alkyl carbamates (subject to hydrolysis) is 1. The summed E-state index contributed by atoms with van der Waals surface area (Å²) in [6.45, 7) is 4.32. The van der Waals surface area contributed by atoms with Gasteiger partial charge in [-0.2, -0.15) is 0 Å². The normalized spacial score (nSPS) is 24.8. The van der Waals surface area contributed by atoms with Crippen LogP contribution in [0.2, 0.25) is 0 Å². The fraction of sp³-hybridized carbons (Fsp3) is 0.357. The Hall–Kier alpha value is -4.91. The first-order valence-corrected chi connectivity index (χ1v) is 18.2. The van der Waals surface area contributed by atoms with Gasteiger partial charge in [-0.05, 0) is 39.8 Å². The van der Waals surface area contributed by atoms with Crippen molar-refractivity contribution in [1.29, 1.82) is 0 Å². The Balaban J connectivity index is 1.04. The summed E-state index contributed by atoms with van der Waals surface area (Å²) in [6, 6.07) is 31.6. The number of ether oxygens (including phenoxy) is 3. The Bertz CT molecular complexity index is 1890. The van der Waals surface area contributed by atoms with Crippen LogP contribution in [0.3, 0.4) is 0 Å². The number of imide groups is 1. The van der Waals surface area contributed by atoms with Crippen molar-refractivity contribution in [3.05, 3.63) is 131 Å². The van der Waals surface area contributed by atoms with Crippen molar-refractivity contribution in [2.24, 2.45) is 5.92 Å². The van der Waals surface area contributed by atoms with E-state index in [0.29, 0.717) is 13.1 Å². The number of rotatable bonds is 11. The van der Waals surface area contributed by atoms with Gasteiger partial charge in [0.05, 0.1) is 37.9 Å². The summed E-state index contributed by atoms with van der Waals surface area (Å²) < 4.78 is 18.5.